The van der Waals surface area contributed by atoms with Crippen molar-refractivity contribution in [1.82, 2.24) is 29.5 Å². The standard InChI is InChI=1S/C15H19BFNO3.C14H14N4O2S.C12H10FN3O.C9H7FINO.C8H11IN2O2/c1-6-19-12-8-7-11(13(17)10(12)9-18)16-20-14(2,3)15(4,5)21-16;1-2-20-9-4-3-7(8-5-17-6-18-8)12-10(9)11(15)13(21-12)14(16)19;1-2-17-11-4-3-8(10-6-15-7-16-10)12(13)9(11)5-14;1-2-13-8-4-3-7(11)9(10)6(8)5-12;1-8(2,3)13-7(12)11-4-6(9)10-5-11/h7-8H,6H2,1-5H3;3-6H,2,15H2,1H3,(H2,16,19)(H,17,18);3-4,6-7H,2H2,1H3,(H,15,16);3-4H,2H2,1H3;4-5H,1-3H3. The van der Waals surface area contributed by atoms with Gasteiger partial charge in [-0.05, 0) is 164 Å². The highest BCUT2D eigenvalue weighted by Gasteiger charge is 2.52. The number of thiophene rings is 1. The molecule has 4 aromatic carbocycles. The molecule has 1 fully saturated rings. The van der Waals surface area contributed by atoms with Crippen LogP contribution < -0.4 is 35.9 Å². The molecule has 1 aliphatic heterocycles. The Hall–Kier alpha value is -7.89. The number of amides is 1. The summed E-state index contributed by atoms with van der Waals surface area (Å²) in [5, 5.41) is 27.5. The minimum atomic E-state index is -0.835. The van der Waals surface area contributed by atoms with Crippen molar-refractivity contribution in [2.75, 3.05) is 32.2 Å². The minimum absolute atomic E-state index is 0.0197. The van der Waals surface area contributed by atoms with Gasteiger partial charge in [-0.3, -0.25) is 4.79 Å². The highest BCUT2D eigenvalue weighted by Crippen LogP contribution is 2.44. The summed E-state index contributed by atoms with van der Waals surface area (Å²) in [4.78, 5) is 40.9. The average molecular weight is 1410 g/mol. The Morgan fingerprint density at radius 3 is 1.64 bits per heavy atom. The van der Waals surface area contributed by atoms with Crippen molar-refractivity contribution in [1.29, 1.82) is 15.8 Å². The number of benzene rings is 4. The van der Waals surface area contributed by atoms with Gasteiger partial charge >= 0.3 is 13.2 Å². The van der Waals surface area contributed by atoms with E-state index in [0.29, 0.717) is 63.3 Å². The number of hydrogen-bond donors (Lipinski definition) is 4. The van der Waals surface area contributed by atoms with Gasteiger partial charge in [-0.1, -0.05) is 6.07 Å². The van der Waals surface area contributed by atoms with Crippen molar-refractivity contribution >= 4 is 96.9 Å². The van der Waals surface area contributed by atoms with Gasteiger partial charge in [-0.25, -0.2) is 37.5 Å². The third kappa shape index (κ3) is 16.9. The molecule has 85 heavy (non-hydrogen) atoms. The number of nitrogen functional groups attached to an aromatic ring is 1. The van der Waals surface area contributed by atoms with E-state index in [4.69, 9.17) is 60.2 Å². The summed E-state index contributed by atoms with van der Waals surface area (Å²) < 4.78 is 83.2. The molecule has 0 atom stereocenters. The lowest BCUT2D eigenvalue weighted by molar-refractivity contribution is 0.00578. The van der Waals surface area contributed by atoms with E-state index < -0.39 is 53.4 Å². The minimum Gasteiger partial charge on any atom is -0.493 e. The second-order valence-electron chi connectivity index (χ2n) is 19.6. The van der Waals surface area contributed by atoms with Crippen LogP contribution in [0.25, 0.3) is 32.6 Å². The first kappa shape index (κ1) is 67.9. The number of carbonyl (C=O) groups excluding carboxylic acids is 2. The monoisotopic (exact) mass is 1410 g/mol. The number of primary amides is 1. The Labute approximate surface area is 521 Å². The highest BCUT2D eigenvalue weighted by atomic mass is 127. The molecule has 446 valence electrons. The zero-order valence-corrected chi connectivity index (χ0v) is 53.4. The zero-order valence-electron chi connectivity index (χ0n) is 48.2. The predicted octanol–water partition coefficient (Wildman–Crippen LogP) is 12.2. The van der Waals surface area contributed by atoms with E-state index >= 15 is 0 Å². The molecule has 20 nitrogen and oxygen atoms in total. The van der Waals surface area contributed by atoms with Crippen LogP contribution in [0.15, 0.2) is 86.1 Å². The van der Waals surface area contributed by atoms with Crippen molar-refractivity contribution < 1.29 is 55.8 Å². The van der Waals surface area contributed by atoms with Crippen LogP contribution >= 0.6 is 56.5 Å². The van der Waals surface area contributed by atoms with Gasteiger partial charge in [-0.15, -0.1) is 11.3 Å². The average Bonchev–Trinajstić information content (AvgIpc) is 1.96. The number of nitrogens with one attached hydrogen (secondary N) is 2. The number of ether oxygens (including phenoxy) is 5. The normalized spacial score (nSPS) is 12.6. The number of carbonyl (C=O) groups is 2. The number of aromatic amines is 2. The fraction of sp³-hybridized carbons (Fsp3) is 0.310. The molecule has 1 amide bonds. The number of halogens is 5. The van der Waals surface area contributed by atoms with E-state index in [-0.39, 0.29) is 33.7 Å². The van der Waals surface area contributed by atoms with Gasteiger partial charge in [0.1, 0.15) is 84.2 Å². The lowest BCUT2D eigenvalue weighted by atomic mass is 9.77. The Morgan fingerprint density at radius 1 is 0.718 bits per heavy atom. The number of fused-ring (bicyclic) bond motifs is 1. The summed E-state index contributed by atoms with van der Waals surface area (Å²) in [5.41, 5.74) is 12.9. The quantitative estimate of drug-likeness (QED) is 0.0653. The number of rotatable bonds is 12. The predicted molar refractivity (Wildman–Crippen MR) is 333 cm³/mol. The van der Waals surface area contributed by atoms with Crippen LogP contribution in [0.4, 0.5) is 23.7 Å². The van der Waals surface area contributed by atoms with E-state index in [1.807, 2.05) is 125 Å². The van der Waals surface area contributed by atoms with Gasteiger partial charge < -0.3 is 54.4 Å². The number of imidazole rings is 3. The maximum Gasteiger partial charge on any atom is 0.497 e. The molecule has 5 heterocycles. The number of nitrogens with zero attached hydrogens (tertiary/aromatic N) is 7. The number of hydrogen-bond acceptors (Lipinski definition) is 17. The van der Waals surface area contributed by atoms with Gasteiger partial charge in [0, 0.05) is 22.8 Å². The summed E-state index contributed by atoms with van der Waals surface area (Å²) in [6, 6.07) is 18.7. The molecular formula is C58H61BF3I2N11O9S. The topological polar surface area (TPSA) is 297 Å². The maximum absolute atomic E-state index is 14.5. The molecule has 1 aliphatic rings. The molecule has 0 radical (unpaired) electrons. The van der Waals surface area contributed by atoms with Crippen molar-refractivity contribution in [3.63, 3.8) is 0 Å². The summed E-state index contributed by atoms with van der Waals surface area (Å²) in [7, 11) is -0.835. The molecule has 8 aromatic rings. The summed E-state index contributed by atoms with van der Waals surface area (Å²) in [5.74, 6) is -0.834. The van der Waals surface area contributed by atoms with Crippen molar-refractivity contribution in [3.8, 4) is 63.7 Å². The second-order valence-corrected chi connectivity index (χ2v) is 22.9. The molecule has 0 bridgehead atoms. The van der Waals surface area contributed by atoms with Crippen LogP contribution in [0.3, 0.4) is 0 Å². The molecule has 0 spiro atoms. The van der Waals surface area contributed by atoms with E-state index in [1.54, 1.807) is 82.0 Å². The molecule has 1 saturated heterocycles. The van der Waals surface area contributed by atoms with Crippen LogP contribution in [0.2, 0.25) is 0 Å². The molecule has 9 rings (SSSR count). The van der Waals surface area contributed by atoms with E-state index in [9.17, 15) is 22.8 Å². The van der Waals surface area contributed by atoms with Gasteiger partial charge in [0.2, 0.25) is 0 Å². The number of H-pyrrole nitrogens is 2. The number of anilines is 1. The van der Waals surface area contributed by atoms with Gasteiger partial charge in [0.25, 0.3) is 5.91 Å². The fourth-order valence-electron chi connectivity index (χ4n) is 7.55. The molecule has 4 aromatic heterocycles. The molecule has 0 unspecified atom stereocenters. The van der Waals surface area contributed by atoms with Gasteiger partial charge in [-0.2, -0.15) is 15.8 Å². The van der Waals surface area contributed by atoms with Crippen LogP contribution in [0, 0.1) is 58.7 Å². The van der Waals surface area contributed by atoms with E-state index in [2.05, 4.69) is 24.9 Å². The van der Waals surface area contributed by atoms with Crippen LogP contribution in [-0.4, -0.2) is 91.8 Å². The number of nitriles is 3. The maximum atomic E-state index is 14.5. The SMILES string of the molecule is CC(C)(C)OC(=O)n1cnc(I)c1.CCOc1ccc(-c2cnc[nH]2)c(F)c1C#N.CCOc1ccc(-c2cnc[nH]2)c2sc(C(N)=O)c(N)c12.CCOc1ccc(B2OC(C)(C)C(C)(C)O2)c(F)c1C#N.CCOc1ccc(I)c(F)c1C#N. The summed E-state index contributed by atoms with van der Waals surface area (Å²) in [6.07, 6.45) is 8.93. The third-order valence-electron chi connectivity index (χ3n) is 12.1. The Morgan fingerprint density at radius 2 is 1.18 bits per heavy atom. The van der Waals surface area contributed by atoms with Crippen molar-refractivity contribution in [2.24, 2.45) is 5.73 Å². The van der Waals surface area contributed by atoms with Crippen molar-refractivity contribution in [3.05, 3.63) is 132 Å². The van der Waals surface area contributed by atoms with E-state index in [0.717, 1.165) is 25.0 Å². The first-order valence-corrected chi connectivity index (χ1v) is 29.0. The van der Waals surface area contributed by atoms with Crippen LogP contribution in [0.1, 0.15) is 103 Å². The lowest BCUT2D eigenvalue weighted by Gasteiger charge is -2.32. The molecule has 27 heteroatoms. The third-order valence-corrected chi connectivity index (χ3v) is 14.8. The summed E-state index contributed by atoms with van der Waals surface area (Å²) in [6.45, 7) is 22.0. The fourth-order valence-corrected chi connectivity index (χ4v) is 9.54. The van der Waals surface area contributed by atoms with Gasteiger partial charge in [0.05, 0.1) is 93.4 Å². The van der Waals surface area contributed by atoms with Crippen molar-refractivity contribution in [2.45, 2.75) is 93.0 Å². The Kier molecular flexibility index (Phi) is 24.2. The van der Waals surface area contributed by atoms with Crippen LogP contribution in [0.5, 0.6) is 23.0 Å². The largest absolute Gasteiger partial charge is 0.497 e. The molecule has 0 saturated carbocycles. The first-order valence-electron chi connectivity index (χ1n) is 26.0. The van der Waals surface area contributed by atoms with E-state index in [1.165, 1.54) is 34.8 Å². The summed E-state index contributed by atoms with van der Waals surface area (Å²) >= 11 is 5.14. The lowest BCUT2D eigenvalue weighted by Crippen LogP contribution is -2.41. The Bertz CT molecular complexity index is 3730. The zero-order chi connectivity index (χ0) is 63.0. The smallest absolute Gasteiger partial charge is 0.493 e. The van der Waals surface area contributed by atoms with Crippen LogP contribution in [-0.2, 0) is 14.0 Å². The number of nitrogens with two attached hydrogens (primary N) is 2. The number of aromatic nitrogens is 6. The Balaban J connectivity index is 0.000000197. The first-order chi connectivity index (χ1) is 40.2. The molecule has 6 N–H and O–H groups in total. The second kappa shape index (κ2) is 30.3. The van der Waals surface area contributed by atoms with Gasteiger partial charge in [0.15, 0.2) is 11.6 Å². The highest BCUT2D eigenvalue weighted by molar-refractivity contribution is 14.1. The molecular weight excluding hydrogens is 1350 g/mol. The molecule has 0 aliphatic carbocycles.